The molecule has 2 aromatic carbocycles. The second kappa shape index (κ2) is 9.51. The lowest BCUT2D eigenvalue weighted by molar-refractivity contribution is -0.119. The van der Waals surface area contributed by atoms with Gasteiger partial charge in [-0.1, -0.05) is 39.0 Å². The van der Waals surface area contributed by atoms with Crippen LogP contribution < -0.4 is 14.4 Å². The Balaban J connectivity index is 1.95. The summed E-state index contributed by atoms with van der Waals surface area (Å²) in [5, 5.41) is 2.72. The molecule has 30 heavy (non-hydrogen) atoms. The predicted molar refractivity (Wildman–Crippen MR) is 122 cm³/mol. The Labute approximate surface area is 180 Å². The Hall–Kier alpha value is -2.54. The minimum absolute atomic E-state index is 0.0400. The average Bonchev–Trinajstić information content (AvgIpc) is 2.61. The van der Waals surface area contributed by atoms with Crippen LogP contribution in [0.25, 0.3) is 0 Å². The van der Waals surface area contributed by atoms with Crippen LogP contribution >= 0.6 is 0 Å². The molecule has 0 aliphatic heterocycles. The van der Waals surface area contributed by atoms with Gasteiger partial charge in [-0.05, 0) is 60.2 Å². The number of ether oxygens (including phenoxy) is 1. The molecule has 0 aliphatic carbocycles. The largest absolute Gasteiger partial charge is 0.492 e. The summed E-state index contributed by atoms with van der Waals surface area (Å²) in [6, 6.07) is 13.2. The highest BCUT2D eigenvalue weighted by Crippen LogP contribution is 2.25. The van der Waals surface area contributed by atoms with Crippen molar-refractivity contribution >= 4 is 21.6 Å². The highest BCUT2D eigenvalue weighted by atomic mass is 32.2. The van der Waals surface area contributed by atoms with Crippen LogP contribution in [-0.2, 0) is 20.2 Å². The molecule has 0 aromatic heterocycles. The second-order valence-corrected chi connectivity index (χ2v) is 10.5. The van der Waals surface area contributed by atoms with Crippen molar-refractivity contribution in [2.45, 2.75) is 40.0 Å². The highest BCUT2D eigenvalue weighted by Gasteiger charge is 2.21. The number of anilines is 1. The molecule has 164 valence electrons. The normalized spacial score (nSPS) is 11.8. The van der Waals surface area contributed by atoms with Gasteiger partial charge in [0.05, 0.1) is 18.5 Å². The summed E-state index contributed by atoms with van der Waals surface area (Å²) >= 11 is 0. The SMILES string of the molecule is Cc1cc(C)cc(OCCNC(=O)CN(c2ccc(C(C)(C)C)cc2)S(C)(=O)=O)c1. The number of carbonyl (C=O) groups excluding carboxylic acids is 1. The maximum Gasteiger partial charge on any atom is 0.240 e. The van der Waals surface area contributed by atoms with Crippen LogP contribution in [0.2, 0.25) is 0 Å². The number of amides is 1. The number of aryl methyl sites for hydroxylation is 2. The lowest BCUT2D eigenvalue weighted by Crippen LogP contribution is -2.41. The first-order chi connectivity index (χ1) is 13.9. The van der Waals surface area contributed by atoms with Crippen molar-refractivity contribution in [2.24, 2.45) is 0 Å². The fraction of sp³-hybridized carbons (Fsp3) is 0.435. The molecular formula is C23H32N2O4S. The van der Waals surface area contributed by atoms with E-state index in [9.17, 15) is 13.2 Å². The summed E-state index contributed by atoms with van der Waals surface area (Å²) < 4.78 is 31.3. The molecule has 0 saturated carbocycles. The molecule has 1 amide bonds. The van der Waals surface area contributed by atoms with Crippen molar-refractivity contribution < 1.29 is 17.9 Å². The van der Waals surface area contributed by atoms with Crippen molar-refractivity contribution in [3.63, 3.8) is 0 Å². The Morgan fingerprint density at radius 1 is 1.03 bits per heavy atom. The fourth-order valence-electron chi connectivity index (χ4n) is 3.09. The molecule has 6 nitrogen and oxygen atoms in total. The first-order valence-corrected chi connectivity index (χ1v) is 11.8. The second-order valence-electron chi connectivity index (χ2n) is 8.59. The van der Waals surface area contributed by atoms with Crippen molar-refractivity contribution in [1.82, 2.24) is 5.32 Å². The maximum atomic E-state index is 12.3. The third kappa shape index (κ3) is 7.06. The number of nitrogens with one attached hydrogen (secondary N) is 1. The monoisotopic (exact) mass is 432 g/mol. The lowest BCUT2D eigenvalue weighted by Gasteiger charge is -2.24. The first-order valence-electron chi connectivity index (χ1n) is 9.92. The standard InChI is InChI=1S/C23H32N2O4S/c1-17-13-18(2)15-21(14-17)29-12-11-24-22(26)16-25(30(6,27)28)20-9-7-19(8-10-20)23(3,4)5/h7-10,13-15H,11-12,16H2,1-6H3,(H,24,26). The Morgan fingerprint density at radius 2 is 1.60 bits per heavy atom. The van der Waals surface area contributed by atoms with E-state index in [-0.39, 0.29) is 24.4 Å². The lowest BCUT2D eigenvalue weighted by atomic mass is 9.87. The van der Waals surface area contributed by atoms with E-state index in [2.05, 4.69) is 32.2 Å². The van der Waals surface area contributed by atoms with E-state index in [0.717, 1.165) is 33.0 Å². The summed E-state index contributed by atoms with van der Waals surface area (Å²) in [5.74, 6) is 0.364. The van der Waals surface area contributed by atoms with Gasteiger partial charge in [0.1, 0.15) is 18.9 Å². The summed E-state index contributed by atoms with van der Waals surface area (Å²) in [7, 11) is -3.60. The van der Waals surface area contributed by atoms with Crippen molar-refractivity contribution in [3.05, 3.63) is 59.2 Å². The Kier molecular flexibility index (Phi) is 7.53. The van der Waals surface area contributed by atoms with Crippen molar-refractivity contribution in [1.29, 1.82) is 0 Å². The molecule has 0 spiro atoms. The van der Waals surface area contributed by atoms with Gasteiger partial charge in [-0.25, -0.2) is 8.42 Å². The Bertz CT molecular complexity index is 957. The number of rotatable bonds is 8. The van der Waals surface area contributed by atoms with E-state index in [1.165, 1.54) is 0 Å². The molecule has 0 saturated heterocycles. The van der Waals surface area contributed by atoms with Crippen LogP contribution in [0.4, 0.5) is 5.69 Å². The van der Waals surface area contributed by atoms with Crippen LogP contribution in [0.5, 0.6) is 5.75 Å². The van der Waals surface area contributed by atoms with Gasteiger partial charge < -0.3 is 10.1 Å². The third-order valence-corrected chi connectivity index (χ3v) is 5.74. The number of benzene rings is 2. The minimum Gasteiger partial charge on any atom is -0.492 e. The van der Waals surface area contributed by atoms with Gasteiger partial charge in [-0.3, -0.25) is 9.10 Å². The molecule has 0 radical (unpaired) electrons. The van der Waals surface area contributed by atoms with Gasteiger partial charge in [-0.2, -0.15) is 0 Å². The molecule has 0 atom stereocenters. The van der Waals surface area contributed by atoms with Crippen LogP contribution in [0.3, 0.4) is 0 Å². The van der Waals surface area contributed by atoms with Crippen LogP contribution in [0.1, 0.15) is 37.5 Å². The van der Waals surface area contributed by atoms with E-state index in [1.54, 1.807) is 12.1 Å². The summed E-state index contributed by atoms with van der Waals surface area (Å²) in [4.78, 5) is 12.3. The quantitative estimate of drug-likeness (QED) is 0.647. The van der Waals surface area contributed by atoms with Gasteiger partial charge in [0.25, 0.3) is 0 Å². The molecule has 0 aliphatic rings. The Morgan fingerprint density at radius 3 is 2.10 bits per heavy atom. The van der Waals surface area contributed by atoms with Crippen molar-refractivity contribution in [2.75, 3.05) is 30.3 Å². The third-order valence-electron chi connectivity index (χ3n) is 4.60. The van der Waals surface area contributed by atoms with E-state index in [1.807, 2.05) is 38.1 Å². The molecular weight excluding hydrogens is 400 g/mol. The number of nitrogens with zero attached hydrogens (tertiary/aromatic N) is 1. The van der Waals surface area contributed by atoms with Gasteiger partial charge in [0.15, 0.2) is 0 Å². The number of hydrogen-bond donors (Lipinski definition) is 1. The zero-order valence-electron chi connectivity index (χ0n) is 18.7. The highest BCUT2D eigenvalue weighted by molar-refractivity contribution is 7.92. The van der Waals surface area contributed by atoms with E-state index >= 15 is 0 Å². The molecule has 0 fully saturated rings. The van der Waals surface area contributed by atoms with Crippen LogP contribution in [0, 0.1) is 13.8 Å². The molecule has 0 unspecified atom stereocenters. The smallest absolute Gasteiger partial charge is 0.240 e. The molecule has 0 heterocycles. The van der Waals surface area contributed by atoms with E-state index in [0.29, 0.717) is 12.3 Å². The van der Waals surface area contributed by atoms with Gasteiger partial charge in [0, 0.05) is 0 Å². The molecule has 2 rings (SSSR count). The topological polar surface area (TPSA) is 75.7 Å². The summed E-state index contributed by atoms with van der Waals surface area (Å²) in [6.45, 7) is 10.6. The fourth-order valence-corrected chi connectivity index (χ4v) is 3.95. The number of carbonyl (C=O) groups is 1. The van der Waals surface area contributed by atoms with Crippen LogP contribution in [0.15, 0.2) is 42.5 Å². The van der Waals surface area contributed by atoms with Crippen LogP contribution in [-0.4, -0.2) is 40.3 Å². The average molecular weight is 433 g/mol. The summed E-state index contributed by atoms with van der Waals surface area (Å²) in [6.07, 6.45) is 1.10. The minimum atomic E-state index is -3.60. The predicted octanol–water partition coefficient (Wildman–Crippen LogP) is 3.56. The summed E-state index contributed by atoms with van der Waals surface area (Å²) in [5.41, 5.74) is 3.73. The molecule has 0 bridgehead atoms. The van der Waals surface area contributed by atoms with Gasteiger partial charge in [0.2, 0.25) is 15.9 Å². The first kappa shape index (κ1) is 23.7. The maximum absolute atomic E-state index is 12.3. The molecule has 1 N–H and O–H groups in total. The van der Waals surface area contributed by atoms with E-state index in [4.69, 9.17) is 4.74 Å². The van der Waals surface area contributed by atoms with Gasteiger partial charge >= 0.3 is 0 Å². The van der Waals surface area contributed by atoms with E-state index < -0.39 is 10.0 Å². The zero-order chi connectivity index (χ0) is 22.5. The molecule has 2 aromatic rings. The number of hydrogen-bond acceptors (Lipinski definition) is 4. The van der Waals surface area contributed by atoms with Gasteiger partial charge in [-0.15, -0.1) is 0 Å². The van der Waals surface area contributed by atoms with Crippen molar-refractivity contribution in [3.8, 4) is 5.75 Å². The zero-order valence-corrected chi connectivity index (χ0v) is 19.5. The molecule has 7 heteroatoms. The number of sulfonamides is 1.